The highest BCUT2D eigenvalue weighted by Crippen LogP contribution is 2.29. The van der Waals surface area contributed by atoms with Crippen LogP contribution in [0.2, 0.25) is 0 Å². The van der Waals surface area contributed by atoms with E-state index in [2.05, 4.69) is 4.99 Å². The Morgan fingerprint density at radius 1 is 1.03 bits per heavy atom. The summed E-state index contributed by atoms with van der Waals surface area (Å²) in [4.78, 5) is 17.2. The molecule has 0 amide bonds. The predicted octanol–water partition coefficient (Wildman–Crippen LogP) is 3.77. The zero-order valence-corrected chi connectivity index (χ0v) is 19.9. The number of nitrogens with zero attached hydrogens (tertiary/aromatic N) is 2. The van der Waals surface area contributed by atoms with Crippen molar-refractivity contribution in [3.05, 3.63) is 82.6 Å². The quantitative estimate of drug-likeness (QED) is 0.556. The van der Waals surface area contributed by atoms with Crippen LogP contribution in [0, 0.1) is 12.7 Å². The molecule has 34 heavy (non-hydrogen) atoms. The molecular weight excluding hydrogens is 455 g/mol. The van der Waals surface area contributed by atoms with Gasteiger partial charge < -0.3 is 10.0 Å². The molecule has 0 aliphatic carbocycles. The van der Waals surface area contributed by atoms with Crippen LogP contribution >= 0.6 is 0 Å². The van der Waals surface area contributed by atoms with Gasteiger partial charge in [0.2, 0.25) is 9.84 Å². The van der Waals surface area contributed by atoms with Crippen LogP contribution < -0.4 is 15.5 Å². The second-order valence-electron chi connectivity index (χ2n) is 8.25. The van der Waals surface area contributed by atoms with Crippen LogP contribution in [0.5, 0.6) is 0 Å². The number of carboxylic acid groups (broad SMARTS) is 1. The fourth-order valence-electron chi connectivity index (χ4n) is 4.28. The molecule has 0 radical (unpaired) electrons. The molecule has 1 unspecified atom stereocenters. The molecule has 0 aromatic heterocycles. The number of carbonyl (C=O) groups is 1. The third kappa shape index (κ3) is 4.21. The first-order valence-corrected chi connectivity index (χ1v) is 12.4. The highest BCUT2D eigenvalue weighted by atomic mass is 32.2. The standard InChI is InChI=1S/C26H25FN2O4S/c1-4-29(18-7-5-16(2)6-8-18)19-9-11-20(12-10-19)34(32,33)26-22(27)13-14-23-25(26)21(15-24(30)31)17(3)28-23/h5-14,17H,4,15H2,1-3H3,(H,30,31). The number of fused-ring (bicyclic) bond motifs is 1. The Morgan fingerprint density at radius 2 is 1.62 bits per heavy atom. The van der Waals surface area contributed by atoms with E-state index in [1.165, 1.54) is 18.2 Å². The SMILES string of the molecule is CCN(c1ccc(C)cc1)c1ccc(S(=O)(=O)c2c(F)ccc3c2=C(CC(=O)O)C(C)N=3)cc1. The smallest absolute Gasteiger partial charge is 0.307 e. The Labute approximate surface area is 197 Å². The van der Waals surface area contributed by atoms with Gasteiger partial charge in [0.1, 0.15) is 10.7 Å². The summed E-state index contributed by atoms with van der Waals surface area (Å²) in [6.07, 6.45) is -0.412. The minimum atomic E-state index is -4.27. The van der Waals surface area contributed by atoms with Crippen molar-refractivity contribution >= 4 is 32.8 Å². The van der Waals surface area contributed by atoms with Gasteiger partial charge in [-0.05, 0) is 74.9 Å². The van der Waals surface area contributed by atoms with Crippen LogP contribution in [0.25, 0.3) is 5.57 Å². The van der Waals surface area contributed by atoms with Crippen molar-refractivity contribution in [2.45, 2.75) is 43.0 Å². The molecule has 3 aromatic rings. The largest absolute Gasteiger partial charge is 0.481 e. The minimum absolute atomic E-state index is 0.0637. The van der Waals surface area contributed by atoms with E-state index in [1.54, 1.807) is 19.1 Å². The van der Waals surface area contributed by atoms with Crippen LogP contribution in [0.15, 0.2) is 75.4 Å². The lowest BCUT2D eigenvalue weighted by Crippen LogP contribution is -2.32. The van der Waals surface area contributed by atoms with Crippen molar-refractivity contribution in [3.63, 3.8) is 0 Å². The summed E-state index contributed by atoms with van der Waals surface area (Å²) in [5, 5.41) is 9.65. The van der Waals surface area contributed by atoms with Crippen molar-refractivity contribution in [1.29, 1.82) is 0 Å². The molecule has 6 nitrogen and oxygen atoms in total. The summed E-state index contributed by atoms with van der Waals surface area (Å²) in [6.45, 7) is 6.35. The average molecular weight is 481 g/mol. The molecule has 0 saturated carbocycles. The number of aryl methyl sites for hydroxylation is 1. The molecule has 0 spiro atoms. The summed E-state index contributed by atoms with van der Waals surface area (Å²) < 4.78 is 42.1. The molecule has 4 rings (SSSR count). The van der Waals surface area contributed by atoms with Crippen LogP contribution in [0.4, 0.5) is 15.8 Å². The van der Waals surface area contributed by atoms with Gasteiger partial charge in [-0.3, -0.25) is 9.79 Å². The third-order valence-electron chi connectivity index (χ3n) is 5.98. The molecular formula is C26H25FN2O4S. The highest BCUT2D eigenvalue weighted by Gasteiger charge is 2.29. The normalized spacial score (nSPS) is 15.1. The van der Waals surface area contributed by atoms with E-state index in [0.29, 0.717) is 6.54 Å². The second kappa shape index (κ2) is 9.02. The maximum absolute atomic E-state index is 15.0. The lowest BCUT2D eigenvalue weighted by Gasteiger charge is -2.23. The number of anilines is 2. The number of aliphatic carboxylic acids is 1. The summed E-state index contributed by atoms with van der Waals surface area (Å²) >= 11 is 0. The van der Waals surface area contributed by atoms with E-state index in [0.717, 1.165) is 23.0 Å². The van der Waals surface area contributed by atoms with E-state index in [-0.39, 0.29) is 21.0 Å². The average Bonchev–Trinajstić information content (AvgIpc) is 3.10. The summed E-state index contributed by atoms with van der Waals surface area (Å²) in [7, 11) is -4.27. The molecule has 1 heterocycles. The van der Waals surface area contributed by atoms with E-state index < -0.39 is 39.0 Å². The van der Waals surface area contributed by atoms with Gasteiger partial charge in [0.25, 0.3) is 0 Å². The van der Waals surface area contributed by atoms with Crippen LogP contribution in [-0.4, -0.2) is 32.1 Å². The Morgan fingerprint density at radius 3 is 2.18 bits per heavy atom. The molecule has 1 N–H and O–H groups in total. The monoisotopic (exact) mass is 480 g/mol. The zero-order chi connectivity index (χ0) is 24.6. The number of rotatable bonds is 7. The fourth-order valence-corrected chi connectivity index (χ4v) is 5.84. The van der Waals surface area contributed by atoms with Crippen molar-refractivity contribution in [2.75, 3.05) is 11.4 Å². The number of carboxylic acids is 1. The number of hydrogen-bond acceptors (Lipinski definition) is 5. The lowest BCUT2D eigenvalue weighted by molar-refractivity contribution is -0.135. The minimum Gasteiger partial charge on any atom is -0.481 e. The molecule has 1 atom stereocenters. The van der Waals surface area contributed by atoms with Crippen molar-refractivity contribution in [3.8, 4) is 0 Å². The van der Waals surface area contributed by atoms with Gasteiger partial charge in [-0.1, -0.05) is 17.7 Å². The predicted molar refractivity (Wildman–Crippen MR) is 128 cm³/mol. The molecule has 1 aliphatic rings. The lowest BCUT2D eigenvalue weighted by atomic mass is 10.0. The Bertz CT molecular complexity index is 1480. The molecule has 176 valence electrons. The number of sulfone groups is 1. The first-order valence-electron chi connectivity index (χ1n) is 10.9. The van der Waals surface area contributed by atoms with E-state index in [4.69, 9.17) is 0 Å². The maximum Gasteiger partial charge on any atom is 0.307 e. The molecule has 1 aliphatic heterocycles. The first-order chi connectivity index (χ1) is 16.1. The van der Waals surface area contributed by atoms with Gasteiger partial charge in [0.15, 0.2) is 0 Å². The molecule has 3 aromatic carbocycles. The fraction of sp³-hybridized carbons (Fsp3) is 0.231. The maximum atomic E-state index is 15.0. The first kappa shape index (κ1) is 23.6. The van der Waals surface area contributed by atoms with Crippen LogP contribution in [0.3, 0.4) is 0 Å². The van der Waals surface area contributed by atoms with E-state index >= 15 is 0 Å². The molecule has 0 saturated heterocycles. The van der Waals surface area contributed by atoms with Crippen LogP contribution in [0.1, 0.15) is 25.8 Å². The highest BCUT2D eigenvalue weighted by molar-refractivity contribution is 7.91. The summed E-state index contributed by atoms with van der Waals surface area (Å²) in [6, 6.07) is 16.2. The Balaban J connectivity index is 1.81. The Hall–Kier alpha value is -3.52. The molecule has 8 heteroatoms. The zero-order valence-electron chi connectivity index (χ0n) is 19.1. The van der Waals surface area contributed by atoms with Crippen molar-refractivity contribution < 1.29 is 22.7 Å². The van der Waals surface area contributed by atoms with Gasteiger partial charge in [0, 0.05) is 23.1 Å². The van der Waals surface area contributed by atoms with Gasteiger partial charge >= 0.3 is 5.97 Å². The second-order valence-corrected chi connectivity index (χ2v) is 10.1. The van der Waals surface area contributed by atoms with Gasteiger partial charge in [-0.25, -0.2) is 12.8 Å². The summed E-state index contributed by atoms with van der Waals surface area (Å²) in [5.74, 6) is -2.05. The Kier molecular flexibility index (Phi) is 6.27. The number of halogens is 1. The molecule has 0 fully saturated rings. The summed E-state index contributed by atoms with van der Waals surface area (Å²) in [5.41, 5.74) is 3.19. The van der Waals surface area contributed by atoms with Crippen molar-refractivity contribution in [1.82, 2.24) is 0 Å². The van der Waals surface area contributed by atoms with E-state index in [1.807, 2.05) is 43.0 Å². The van der Waals surface area contributed by atoms with Crippen molar-refractivity contribution in [2.24, 2.45) is 4.99 Å². The van der Waals surface area contributed by atoms with Gasteiger partial charge in [-0.2, -0.15) is 0 Å². The molecule has 0 bridgehead atoms. The van der Waals surface area contributed by atoms with Gasteiger partial charge in [0.05, 0.1) is 22.7 Å². The third-order valence-corrected chi connectivity index (χ3v) is 7.81. The number of benzene rings is 3. The topological polar surface area (TPSA) is 87.0 Å². The van der Waals surface area contributed by atoms with E-state index in [9.17, 15) is 22.7 Å². The number of hydrogen-bond donors (Lipinski definition) is 1. The van der Waals surface area contributed by atoms with Gasteiger partial charge in [-0.15, -0.1) is 0 Å². The van der Waals surface area contributed by atoms with Crippen LogP contribution in [-0.2, 0) is 14.6 Å².